The van der Waals surface area contributed by atoms with E-state index in [9.17, 15) is 0 Å². The smallest absolute Gasteiger partial charge is 0.122 e. The highest BCUT2D eigenvalue weighted by atomic mass is 79.9. The summed E-state index contributed by atoms with van der Waals surface area (Å²) in [6, 6.07) is 5.70. The minimum absolute atomic E-state index is 0.0695. The molecule has 0 saturated heterocycles. The van der Waals surface area contributed by atoms with Crippen LogP contribution in [-0.4, -0.2) is 46.4 Å². The second-order valence-corrected chi connectivity index (χ2v) is 5.26. The van der Waals surface area contributed by atoms with Gasteiger partial charge >= 0.3 is 0 Å². The van der Waals surface area contributed by atoms with Crippen LogP contribution in [0.3, 0.4) is 0 Å². The molecule has 0 amide bonds. The van der Waals surface area contributed by atoms with Crippen molar-refractivity contribution in [2.45, 2.75) is 6.42 Å². The number of nitrogens with zero attached hydrogens (tertiary/aromatic N) is 1. The van der Waals surface area contributed by atoms with Gasteiger partial charge in [0.05, 0.1) is 12.3 Å². The summed E-state index contributed by atoms with van der Waals surface area (Å²) in [6.07, 6.45) is 0.946. The van der Waals surface area contributed by atoms with Crippen molar-refractivity contribution in [1.29, 1.82) is 5.41 Å². The molecule has 3 N–H and O–H groups in total. The summed E-state index contributed by atoms with van der Waals surface area (Å²) in [6.45, 7) is 3.08. The molecule has 0 radical (unpaired) electrons. The van der Waals surface area contributed by atoms with Crippen LogP contribution < -0.4 is 10.6 Å². The van der Waals surface area contributed by atoms with Crippen LogP contribution in [0.25, 0.3) is 0 Å². The van der Waals surface area contributed by atoms with E-state index >= 15 is 0 Å². The van der Waals surface area contributed by atoms with Crippen LogP contribution >= 0.6 is 15.9 Å². The summed E-state index contributed by atoms with van der Waals surface area (Å²) in [5, 5.41) is 7.46. The van der Waals surface area contributed by atoms with Gasteiger partial charge in [0.2, 0.25) is 0 Å². The van der Waals surface area contributed by atoms with Crippen molar-refractivity contribution in [3.05, 3.63) is 28.2 Å². The lowest BCUT2D eigenvalue weighted by Gasteiger charge is -2.26. The molecule has 1 aromatic carbocycles. The van der Waals surface area contributed by atoms with E-state index < -0.39 is 0 Å². The maximum Gasteiger partial charge on any atom is 0.122 e. The average Bonchev–Trinajstić information content (AvgIpc) is 2.43. The summed E-state index contributed by atoms with van der Waals surface area (Å²) in [5.41, 5.74) is 7.28. The lowest BCUT2D eigenvalue weighted by atomic mass is 10.1. The predicted octanol–water partition coefficient (Wildman–Crippen LogP) is 2.22. The number of anilines is 1. The van der Waals surface area contributed by atoms with E-state index in [1.807, 2.05) is 18.2 Å². The van der Waals surface area contributed by atoms with Crippen LogP contribution in [0.2, 0.25) is 0 Å². The number of halogens is 1. The minimum Gasteiger partial charge on any atom is -0.385 e. The van der Waals surface area contributed by atoms with Crippen molar-refractivity contribution >= 4 is 27.5 Å². The highest BCUT2D eigenvalue weighted by molar-refractivity contribution is 9.10. The van der Waals surface area contributed by atoms with Crippen molar-refractivity contribution in [3.8, 4) is 0 Å². The molecule has 0 bridgehead atoms. The van der Waals surface area contributed by atoms with Gasteiger partial charge < -0.3 is 20.1 Å². The molecule has 0 aliphatic rings. The zero-order valence-corrected chi connectivity index (χ0v) is 13.6. The number of methoxy groups -OCH3 is 2. The van der Waals surface area contributed by atoms with E-state index in [1.54, 1.807) is 14.2 Å². The topological polar surface area (TPSA) is 71.6 Å². The van der Waals surface area contributed by atoms with Crippen LogP contribution in [0.15, 0.2) is 22.7 Å². The molecule has 0 aromatic heterocycles. The number of nitrogens with one attached hydrogen (secondary N) is 1. The molecule has 0 atom stereocenters. The van der Waals surface area contributed by atoms with E-state index in [0.29, 0.717) is 12.2 Å². The normalized spacial score (nSPS) is 10.6. The van der Waals surface area contributed by atoms with Crippen molar-refractivity contribution in [2.75, 3.05) is 45.4 Å². The number of benzene rings is 1. The Morgan fingerprint density at radius 1 is 1.25 bits per heavy atom. The first-order chi connectivity index (χ1) is 9.60. The van der Waals surface area contributed by atoms with E-state index in [1.165, 1.54) is 0 Å². The molecular weight excluding hydrogens is 322 g/mol. The molecule has 0 aliphatic carbocycles. The molecule has 0 aliphatic heterocycles. The predicted molar refractivity (Wildman–Crippen MR) is 85.7 cm³/mol. The minimum atomic E-state index is 0.0695. The van der Waals surface area contributed by atoms with Crippen LogP contribution in [0.5, 0.6) is 0 Å². The molecular formula is C14H22BrN3O2. The fourth-order valence-corrected chi connectivity index (χ4v) is 2.51. The Morgan fingerprint density at radius 3 is 2.50 bits per heavy atom. The number of hydrogen-bond acceptors (Lipinski definition) is 4. The lowest BCUT2D eigenvalue weighted by Crippen LogP contribution is -2.29. The van der Waals surface area contributed by atoms with Gasteiger partial charge in [-0.05, 0) is 40.5 Å². The van der Waals surface area contributed by atoms with Gasteiger partial charge in [-0.3, -0.25) is 5.41 Å². The molecule has 5 nitrogen and oxygen atoms in total. The number of ether oxygens (including phenoxy) is 2. The first-order valence-electron chi connectivity index (χ1n) is 6.47. The molecule has 0 spiro atoms. The summed E-state index contributed by atoms with van der Waals surface area (Å²) in [4.78, 5) is 2.23. The molecule has 1 rings (SSSR count). The van der Waals surface area contributed by atoms with E-state index in [4.69, 9.17) is 20.6 Å². The van der Waals surface area contributed by atoms with Gasteiger partial charge in [0.25, 0.3) is 0 Å². The first kappa shape index (κ1) is 16.9. The van der Waals surface area contributed by atoms with Crippen molar-refractivity contribution in [3.63, 3.8) is 0 Å². The first-order valence-corrected chi connectivity index (χ1v) is 7.26. The van der Waals surface area contributed by atoms with Crippen LogP contribution in [0.4, 0.5) is 5.69 Å². The van der Waals surface area contributed by atoms with Crippen molar-refractivity contribution in [2.24, 2.45) is 5.73 Å². The number of rotatable bonds is 9. The van der Waals surface area contributed by atoms with Crippen molar-refractivity contribution < 1.29 is 9.47 Å². The molecule has 112 valence electrons. The third-order valence-corrected chi connectivity index (χ3v) is 3.58. The fourth-order valence-electron chi connectivity index (χ4n) is 1.88. The Morgan fingerprint density at radius 2 is 1.95 bits per heavy atom. The quantitative estimate of drug-likeness (QED) is 0.409. The van der Waals surface area contributed by atoms with Gasteiger partial charge in [-0.15, -0.1) is 0 Å². The zero-order chi connectivity index (χ0) is 15.0. The summed E-state index contributed by atoms with van der Waals surface area (Å²) >= 11 is 3.55. The fraction of sp³-hybridized carbons (Fsp3) is 0.500. The second-order valence-electron chi connectivity index (χ2n) is 4.41. The van der Waals surface area contributed by atoms with E-state index in [2.05, 4.69) is 20.8 Å². The average molecular weight is 344 g/mol. The number of nitrogen functional groups attached to an aromatic ring is 1. The Labute approximate surface area is 128 Å². The van der Waals surface area contributed by atoms with Gasteiger partial charge in [-0.1, -0.05) is 0 Å². The van der Waals surface area contributed by atoms with E-state index in [-0.39, 0.29) is 5.84 Å². The molecule has 6 heteroatoms. The van der Waals surface area contributed by atoms with E-state index in [0.717, 1.165) is 36.3 Å². The van der Waals surface area contributed by atoms with Gasteiger partial charge in [0.15, 0.2) is 0 Å². The maximum atomic E-state index is 7.46. The van der Waals surface area contributed by atoms with Gasteiger partial charge in [0.1, 0.15) is 5.84 Å². The lowest BCUT2D eigenvalue weighted by molar-refractivity contribution is 0.191. The Kier molecular flexibility index (Phi) is 7.58. The maximum absolute atomic E-state index is 7.46. The molecule has 0 heterocycles. The third kappa shape index (κ3) is 5.11. The molecule has 1 aromatic rings. The summed E-state index contributed by atoms with van der Waals surface area (Å²) in [7, 11) is 3.40. The Bertz CT molecular complexity index is 440. The van der Waals surface area contributed by atoms with Gasteiger partial charge in [0, 0.05) is 44.0 Å². The Hall–Kier alpha value is -1.11. The monoisotopic (exact) mass is 343 g/mol. The van der Waals surface area contributed by atoms with Crippen LogP contribution in [0.1, 0.15) is 12.0 Å². The Balaban J connectivity index is 2.85. The number of nitrogens with two attached hydrogens (primary N) is 1. The molecule has 20 heavy (non-hydrogen) atoms. The molecule has 0 saturated carbocycles. The zero-order valence-electron chi connectivity index (χ0n) is 12.0. The SMILES string of the molecule is COCCCN(CCOC)c1ccc(C(=N)N)cc1Br. The highest BCUT2D eigenvalue weighted by Gasteiger charge is 2.11. The third-order valence-electron chi connectivity index (χ3n) is 2.94. The summed E-state index contributed by atoms with van der Waals surface area (Å²) < 4.78 is 11.2. The standard InChI is InChI=1S/C14H22BrN3O2/c1-19-8-3-6-18(7-9-20-2)13-5-4-11(14(16)17)10-12(13)15/h4-5,10H,3,6-9H2,1-2H3,(H3,16,17). The largest absolute Gasteiger partial charge is 0.385 e. The molecule has 0 fully saturated rings. The second kappa shape index (κ2) is 8.94. The van der Waals surface area contributed by atoms with Crippen LogP contribution in [-0.2, 0) is 9.47 Å². The van der Waals surface area contributed by atoms with Gasteiger partial charge in [-0.25, -0.2) is 0 Å². The van der Waals surface area contributed by atoms with Crippen LogP contribution in [0, 0.1) is 5.41 Å². The highest BCUT2D eigenvalue weighted by Crippen LogP contribution is 2.27. The number of amidine groups is 1. The summed E-state index contributed by atoms with van der Waals surface area (Å²) in [5.74, 6) is 0.0695. The number of hydrogen-bond donors (Lipinski definition) is 2. The molecule has 0 unspecified atom stereocenters. The van der Waals surface area contributed by atoms with Gasteiger partial charge in [-0.2, -0.15) is 0 Å². The van der Waals surface area contributed by atoms with Crippen molar-refractivity contribution in [1.82, 2.24) is 0 Å².